The molecule has 4 nitrogen and oxygen atoms in total. The molecule has 0 unspecified atom stereocenters. The van der Waals surface area contributed by atoms with E-state index in [4.69, 9.17) is 10.7 Å². The molecule has 0 saturated heterocycles. The largest absolute Gasteiger partial charge is 0.325 e. The Kier molecular flexibility index (Phi) is 3.12. The normalized spacial score (nSPS) is 15.5. The van der Waals surface area contributed by atoms with Gasteiger partial charge in [-0.05, 0) is 19.5 Å². The lowest BCUT2D eigenvalue weighted by atomic mass is 10.1. The van der Waals surface area contributed by atoms with Gasteiger partial charge >= 0.3 is 0 Å². The maximum Gasteiger partial charge on any atom is 0.140 e. The molecule has 0 spiro atoms. The molecule has 19 heavy (non-hydrogen) atoms. The minimum atomic E-state index is 0.509. The Morgan fingerprint density at radius 1 is 1.26 bits per heavy atom. The fraction of sp³-hybridized carbons (Fsp3) is 0.400. The van der Waals surface area contributed by atoms with Crippen LogP contribution in [0.25, 0.3) is 11.4 Å². The summed E-state index contributed by atoms with van der Waals surface area (Å²) in [5.74, 6) is 1.07. The van der Waals surface area contributed by atoms with Gasteiger partial charge < -0.3 is 10.3 Å². The zero-order chi connectivity index (χ0) is 13.4. The number of hydrogen-bond acceptors (Lipinski definition) is 3. The number of imidazole rings is 1. The van der Waals surface area contributed by atoms with Crippen molar-refractivity contribution >= 4 is 0 Å². The molecule has 1 aliphatic heterocycles. The zero-order valence-corrected chi connectivity index (χ0v) is 11.6. The quantitative estimate of drug-likeness (QED) is 0.890. The van der Waals surface area contributed by atoms with E-state index in [1.54, 1.807) is 0 Å². The molecule has 2 heterocycles. The molecule has 4 heteroatoms. The Bertz CT molecular complexity index is 600. The van der Waals surface area contributed by atoms with Gasteiger partial charge in [-0.1, -0.05) is 24.3 Å². The third-order valence-corrected chi connectivity index (χ3v) is 3.86. The van der Waals surface area contributed by atoms with Crippen LogP contribution in [0.1, 0.15) is 17.0 Å². The van der Waals surface area contributed by atoms with Crippen LogP contribution >= 0.6 is 0 Å². The molecule has 0 saturated carbocycles. The lowest BCUT2D eigenvalue weighted by molar-refractivity contribution is 0.270. The molecule has 0 radical (unpaired) electrons. The average molecular weight is 256 g/mol. The number of benzene rings is 1. The van der Waals surface area contributed by atoms with Gasteiger partial charge in [0.1, 0.15) is 5.82 Å². The van der Waals surface area contributed by atoms with Crippen LogP contribution < -0.4 is 5.73 Å². The van der Waals surface area contributed by atoms with Gasteiger partial charge in [0.05, 0.1) is 11.4 Å². The van der Waals surface area contributed by atoms with Crippen molar-refractivity contribution in [3.8, 4) is 11.4 Å². The summed E-state index contributed by atoms with van der Waals surface area (Å²) in [6.45, 7) is 5.63. The van der Waals surface area contributed by atoms with Crippen molar-refractivity contribution in [2.24, 2.45) is 5.73 Å². The van der Waals surface area contributed by atoms with Crippen LogP contribution in [0.2, 0.25) is 0 Å². The first kappa shape index (κ1) is 12.4. The topological polar surface area (TPSA) is 47.1 Å². The summed E-state index contributed by atoms with van der Waals surface area (Å²) in [6, 6.07) is 8.41. The summed E-state index contributed by atoms with van der Waals surface area (Å²) in [7, 11) is 2.14. The summed E-state index contributed by atoms with van der Waals surface area (Å²) in [5.41, 5.74) is 10.6. The van der Waals surface area contributed by atoms with Crippen LogP contribution in [0, 0.1) is 6.92 Å². The van der Waals surface area contributed by atoms with Crippen LogP contribution in [0.5, 0.6) is 0 Å². The molecular weight excluding hydrogens is 236 g/mol. The molecule has 0 atom stereocenters. The minimum absolute atomic E-state index is 0.509. The fourth-order valence-corrected chi connectivity index (χ4v) is 2.75. The molecule has 0 fully saturated rings. The van der Waals surface area contributed by atoms with Gasteiger partial charge in [-0.3, -0.25) is 4.90 Å². The van der Waals surface area contributed by atoms with E-state index in [1.807, 2.05) is 0 Å². The second-order valence-corrected chi connectivity index (χ2v) is 5.24. The average Bonchev–Trinajstić information content (AvgIpc) is 2.77. The Hall–Kier alpha value is -1.65. The summed E-state index contributed by atoms with van der Waals surface area (Å²) >= 11 is 0. The van der Waals surface area contributed by atoms with Crippen LogP contribution in [0.3, 0.4) is 0 Å². The number of aryl methyl sites for hydroxylation is 1. The van der Waals surface area contributed by atoms with E-state index in [2.05, 4.69) is 47.7 Å². The van der Waals surface area contributed by atoms with E-state index >= 15 is 0 Å². The van der Waals surface area contributed by atoms with E-state index in [-0.39, 0.29) is 0 Å². The van der Waals surface area contributed by atoms with Crippen LogP contribution in [0.4, 0.5) is 0 Å². The van der Waals surface area contributed by atoms with Crippen LogP contribution in [-0.4, -0.2) is 28.0 Å². The van der Waals surface area contributed by atoms with Crippen molar-refractivity contribution in [2.75, 3.05) is 13.6 Å². The number of hydrogen-bond donors (Lipinski definition) is 1. The third kappa shape index (κ3) is 2.07. The first-order valence-corrected chi connectivity index (χ1v) is 6.73. The summed E-state index contributed by atoms with van der Waals surface area (Å²) in [5, 5.41) is 0. The summed E-state index contributed by atoms with van der Waals surface area (Å²) < 4.78 is 2.34. The molecule has 100 valence electrons. The number of fused-ring (bicyclic) bond motifs is 1. The van der Waals surface area contributed by atoms with Gasteiger partial charge in [0.2, 0.25) is 0 Å². The molecule has 0 bridgehead atoms. The highest BCUT2D eigenvalue weighted by Gasteiger charge is 2.22. The molecule has 2 aromatic rings. The maximum atomic E-state index is 5.85. The van der Waals surface area contributed by atoms with Gasteiger partial charge in [-0.15, -0.1) is 0 Å². The predicted octanol–water partition coefficient (Wildman–Crippen LogP) is 1.76. The predicted molar refractivity (Wildman–Crippen MR) is 76.6 cm³/mol. The maximum absolute atomic E-state index is 5.85. The molecule has 1 aliphatic rings. The highest BCUT2D eigenvalue weighted by Crippen LogP contribution is 2.27. The fourth-order valence-electron chi connectivity index (χ4n) is 2.75. The Balaban J connectivity index is 2.16. The third-order valence-electron chi connectivity index (χ3n) is 3.86. The van der Waals surface area contributed by atoms with E-state index in [0.29, 0.717) is 6.54 Å². The molecule has 0 amide bonds. The smallest absolute Gasteiger partial charge is 0.140 e. The minimum Gasteiger partial charge on any atom is -0.325 e. The monoisotopic (exact) mass is 256 g/mol. The van der Waals surface area contributed by atoms with Crippen LogP contribution in [-0.2, 0) is 19.6 Å². The highest BCUT2D eigenvalue weighted by molar-refractivity contribution is 5.61. The van der Waals surface area contributed by atoms with Gasteiger partial charge in [0, 0.05) is 31.7 Å². The van der Waals surface area contributed by atoms with E-state index in [0.717, 1.165) is 31.2 Å². The molecule has 1 aromatic carbocycles. The van der Waals surface area contributed by atoms with Gasteiger partial charge in [-0.25, -0.2) is 4.98 Å². The van der Waals surface area contributed by atoms with E-state index in [1.165, 1.54) is 16.8 Å². The second kappa shape index (κ2) is 4.79. The first-order chi connectivity index (χ1) is 9.20. The first-order valence-electron chi connectivity index (χ1n) is 6.73. The van der Waals surface area contributed by atoms with Crippen molar-refractivity contribution < 1.29 is 0 Å². The van der Waals surface area contributed by atoms with E-state index in [9.17, 15) is 0 Å². The Morgan fingerprint density at radius 2 is 2.05 bits per heavy atom. The highest BCUT2D eigenvalue weighted by atomic mass is 15.2. The summed E-state index contributed by atoms with van der Waals surface area (Å²) in [4.78, 5) is 7.10. The molecule has 2 N–H and O–H groups in total. The number of nitrogens with zero attached hydrogens (tertiary/aromatic N) is 3. The molecule has 1 aromatic heterocycles. The zero-order valence-electron chi connectivity index (χ0n) is 11.6. The number of nitrogens with two attached hydrogens (primary N) is 1. The molecular formula is C15H20N4. The Morgan fingerprint density at radius 3 is 2.79 bits per heavy atom. The molecule has 0 aliphatic carbocycles. The van der Waals surface area contributed by atoms with Crippen molar-refractivity contribution in [3.05, 3.63) is 41.2 Å². The van der Waals surface area contributed by atoms with Gasteiger partial charge in [0.25, 0.3) is 0 Å². The van der Waals surface area contributed by atoms with Crippen molar-refractivity contribution in [1.82, 2.24) is 14.5 Å². The van der Waals surface area contributed by atoms with Gasteiger partial charge in [-0.2, -0.15) is 0 Å². The molecule has 3 rings (SSSR count). The lowest BCUT2D eigenvalue weighted by Gasteiger charge is -2.26. The number of likely N-dealkylation sites (N-methyl/N-ethyl adjacent to an activating group) is 1. The van der Waals surface area contributed by atoms with Crippen molar-refractivity contribution in [1.29, 1.82) is 0 Å². The second-order valence-electron chi connectivity index (χ2n) is 5.24. The van der Waals surface area contributed by atoms with Crippen molar-refractivity contribution in [3.63, 3.8) is 0 Å². The Labute approximate surface area is 113 Å². The number of rotatable bonds is 2. The van der Waals surface area contributed by atoms with E-state index < -0.39 is 0 Å². The number of aromatic nitrogens is 2. The SMILES string of the molecule is Cc1ccccc1-c1nc(CN)c2n1CCN(C)C2. The van der Waals surface area contributed by atoms with Crippen LogP contribution in [0.15, 0.2) is 24.3 Å². The standard InChI is InChI=1S/C15H20N4/c1-11-5-3-4-6-12(11)15-17-13(9-16)14-10-18(2)7-8-19(14)15/h3-6H,7-10,16H2,1-2H3. The van der Waals surface area contributed by atoms with Gasteiger partial charge in [0.15, 0.2) is 0 Å². The van der Waals surface area contributed by atoms with Crippen molar-refractivity contribution in [2.45, 2.75) is 26.6 Å². The summed E-state index contributed by atoms with van der Waals surface area (Å²) in [6.07, 6.45) is 0. The lowest BCUT2D eigenvalue weighted by Crippen LogP contribution is -2.31.